The molecule has 1 atom stereocenters. The SMILES string of the molecule is Cc1ccc(CC(C#N)Sc2nnc(NCCc3cccs3)s2)cc1. The largest absolute Gasteiger partial charge is 0.360 e. The second kappa shape index (κ2) is 8.99. The zero-order valence-electron chi connectivity index (χ0n) is 13.8. The number of nitrogens with one attached hydrogen (secondary N) is 1. The Bertz CT molecular complexity index is 819. The van der Waals surface area contributed by atoms with Gasteiger partial charge < -0.3 is 5.32 Å². The number of nitrogens with zero attached hydrogens (tertiary/aromatic N) is 3. The normalized spacial score (nSPS) is 11.8. The van der Waals surface area contributed by atoms with Crippen molar-refractivity contribution in [1.82, 2.24) is 10.2 Å². The van der Waals surface area contributed by atoms with Crippen LogP contribution in [0, 0.1) is 18.3 Å². The van der Waals surface area contributed by atoms with Gasteiger partial charge >= 0.3 is 0 Å². The average molecular weight is 387 g/mol. The number of thiophene rings is 1. The minimum absolute atomic E-state index is 0.158. The lowest BCUT2D eigenvalue weighted by molar-refractivity contribution is 0.971. The predicted molar refractivity (Wildman–Crippen MR) is 107 cm³/mol. The van der Waals surface area contributed by atoms with Crippen molar-refractivity contribution in [2.24, 2.45) is 0 Å². The van der Waals surface area contributed by atoms with E-state index in [1.807, 2.05) is 0 Å². The summed E-state index contributed by atoms with van der Waals surface area (Å²) >= 11 is 4.76. The van der Waals surface area contributed by atoms with Crippen LogP contribution in [0.15, 0.2) is 46.1 Å². The Kier molecular flexibility index (Phi) is 6.45. The predicted octanol–water partition coefficient (Wildman–Crippen LogP) is 4.79. The number of rotatable bonds is 8. The first-order valence-electron chi connectivity index (χ1n) is 7.94. The van der Waals surface area contributed by atoms with Gasteiger partial charge in [0, 0.05) is 11.4 Å². The zero-order valence-corrected chi connectivity index (χ0v) is 16.3. The van der Waals surface area contributed by atoms with Crippen LogP contribution < -0.4 is 5.32 Å². The smallest absolute Gasteiger partial charge is 0.206 e. The summed E-state index contributed by atoms with van der Waals surface area (Å²) in [6.07, 6.45) is 1.69. The van der Waals surface area contributed by atoms with Gasteiger partial charge in [0.05, 0.1) is 6.07 Å². The number of benzene rings is 1. The second-order valence-electron chi connectivity index (χ2n) is 5.55. The lowest BCUT2D eigenvalue weighted by Crippen LogP contribution is -2.03. The third-order valence-corrected chi connectivity index (χ3v) is 6.55. The minimum Gasteiger partial charge on any atom is -0.360 e. The lowest BCUT2D eigenvalue weighted by atomic mass is 10.1. The van der Waals surface area contributed by atoms with Crippen LogP contribution >= 0.6 is 34.4 Å². The molecule has 0 aliphatic heterocycles. The molecule has 0 aliphatic rings. The molecule has 25 heavy (non-hydrogen) atoms. The van der Waals surface area contributed by atoms with E-state index >= 15 is 0 Å². The maximum Gasteiger partial charge on any atom is 0.206 e. The first-order chi connectivity index (χ1) is 12.2. The van der Waals surface area contributed by atoms with Crippen molar-refractivity contribution < 1.29 is 0 Å². The molecule has 1 aromatic carbocycles. The third-order valence-electron chi connectivity index (χ3n) is 3.56. The van der Waals surface area contributed by atoms with E-state index in [4.69, 9.17) is 0 Å². The lowest BCUT2D eigenvalue weighted by Gasteiger charge is -2.06. The molecule has 0 radical (unpaired) electrons. The van der Waals surface area contributed by atoms with Crippen LogP contribution in [0.4, 0.5) is 5.13 Å². The number of aryl methyl sites for hydroxylation is 1. The first-order valence-corrected chi connectivity index (χ1v) is 10.5. The molecule has 3 aromatic rings. The molecule has 1 unspecified atom stereocenters. The molecular formula is C18H18N4S3. The second-order valence-corrected chi connectivity index (χ2v) is 9.01. The number of thioether (sulfide) groups is 1. The van der Waals surface area contributed by atoms with Crippen LogP contribution in [-0.4, -0.2) is 22.0 Å². The van der Waals surface area contributed by atoms with Gasteiger partial charge in [-0.3, -0.25) is 0 Å². The monoisotopic (exact) mass is 386 g/mol. The summed E-state index contributed by atoms with van der Waals surface area (Å²) < 4.78 is 0.831. The van der Waals surface area contributed by atoms with Crippen LogP contribution in [0.25, 0.3) is 0 Å². The molecule has 1 N–H and O–H groups in total. The minimum atomic E-state index is -0.158. The molecular weight excluding hydrogens is 368 g/mol. The molecule has 4 nitrogen and oxygen atoms in total. The van der Waals surface area contributed by atoms with Crippen molar-refractivity contribution in [1.29, 1.82) is 5.26 Å². The molecule has 0 bridgehead atoms. The number of hydrogen-bond acceptors (Lipinski definition) is 7. The topological polar surface area (TPSA) is 61.6 Å². The highest BCUT2D eigenvalue weighted by atomic mass is 32.2. The Labute approximate surface area is 159 Å². The van der Waals surface area contributed by atoms with E-state index in [1.165, 1.54) is 39.1 Å². The highest BCUT2D eigenvalue weighted by molar-refractivity contribution is 8.01. The number of aromatic nitrogens is 2. The van der Waals surface area contributed by atoms with Gasteiger partial charge in [-0.05, 0) is 36.8 Å². The van der Waals surface area contributed by atoms with Gasteiger partial charge in [-0.1, -0.05) is 59.0 Å². The summed E-state index contributed by atoms with van der Waals surface area (Å²) in [4.78, 5) is 1.36. The maximum atomic E-state index is 9.43. The molecule has 0 spiro atoms. The Morgan fingerprint density at radius 3 is 2.80 bits per heavy atom. The van der Waals surface area contributed by atoms with Gasteiger partial charge in [0.1, 0.15) is 5.25 Å². The average Bonchev–Trinajstić information content (AvgIpc) is 3.28. The molecule has 0 saturated carbocycles. The highest BCUT2D eigenvalue weighted by Crippen LogP contribution is 2.30. The van der Waals surface area contributed by atoms with Gasteiger partial charge in [0.2, 0.25) is 5.13 Å². The summed E-state index contributed by atoms with van der Waals surface area (Å²) in [6.45, 7) is 2.90. The van der Waals surface area contributed by atoms with Gasteiger partial charge in [-0.2, -0.15) is 5.26 Å². The van der Waals surface area contributed by atoms with Gasteiger partial charge in [0.15, 0.2) is 4.34 Å². The maximum absolute atomic E-state index is 9.43. The summed E-state index contributed by atoms with van der Waals surface area (Å²) in [7, 11) is 0. The van der Waals surface area contributed by atoms with Crippen LogP contribution in [0.3, 0.4) is 0 Å². The Morgan fingerprint density at radius 1 is 1.24 bits per heavy atom. The quantitative estimate of drug-likeness (QED) is 0.564. The fraction of sp³-hybridized carbons (Fsp3) is 0.278. The van der Waals surface area contributed by atoms with Crippen LogP contribution in [0.5, 0.6) is 0 Å². The standard InChI is InChI=1S/C18H18N4S3/c1-13-4-6-14(7-5-13)11-16(12-19)24-18-22-21-17(25-18)20-9-8-15-3-2-10-23-15/h2-7,10,16H,8-9,11H2,1H3,(H,20,21). The van der Waals surface area contributed by atoms with Crippen molar-refractivity contribution in [3.63, 3.8) is 0 Å². The van der Waals surface area contributed by atoms with Crippen LogP contribution in [0.1, 0.15) is 16.0 Å². The first kappa shape index (κ1) is 17.9. The van der Waals surface area contributed by atoms with Gasteiger partial charge in [0.25, 0.3) is 0 Å². The van der Waals surface area contributed by atoms with E-state index in [9.17, 15) is 5.26 Å². The molecule has 2 heterocycles. The Morgan fingerprint density at radius 2 is 2.08 bits per heavy atom. The fourth-order valence-electron chi connectivity index (χ4n) is 2.25. The van der Waals surface area contributed by atoms with Gasteiger partial charge in [-0.15, -0.1) is 21.5 Å². The van der Waals surface area contributed by atoms with E-state index in [-0.39, 0.29) is 5.25 Å². The fourth-order valence-corrected chi connectivity index (χ4v) is 4.90. The van der Waals surface area contributed by atoms with Crippen molar-refractivity contribution in [2.75, 3.05) is 11.9 Å². The van der Waals surface area contributed by atoms with Crippen molar-refractivity contribution in [2.45, 2.75) is 29.4 Å². The summed E-state index contributed by atoms with van der Waals surface area (Å²) in [5, 5.41) is 23.8. The third kappa shape index (κ3) is 5.56. The van der Waals surface area contributed by atoms with Crippen LogP contribution in [-0.2, 0) is 12.8 Å². The Balaban J connectivity index is 1.50. The van der Waals surface area contributed by atoms with Crippen LogP contribution in [0.2, 0.25) is 0 Å². The highest BCUT2D eigenvalue weighted by Gasteiger charge is 2.14. The number of nitriles is 1. The molecule has 7 heteroatoms. The molecule has 2 aromatic heterocycles. The van der Waals surface area contributed by atoms with E-state index in [2.05, 4.69) is 70.3 Å². The summed E-state index contributed by atoms with van der Waals surface area (Å²) in [5.74, 6) is 0. The molecule has 0 fully saturated rings. The van der Waals surface area contributed by atoms with E-state index in [0.29, 0.717) is 6.42 Å². The zero-order chi connectivity index (χ0) is 17.5. The van der Waals surface area contributed by atoms with E-state index in [0.717, 1.165) is 22.4 Å². The molecule has 0 saturated heterocycles. The molecule has 0 amide bonds. The molecule has 0 aliphatic carbocycles. The van der Waals surface area contributed by atoms with E-state index < -0.39 is 0 Å². The van der Waals surface area contributed by atoms with Gasteiger partial charge in [-0.25, -0.2) is 0 Å². The van der Waals surface area contributed by atoms with E-state index in [1.54, 1.807) is 11.3 Å². The summed E-state index contributed by atoms with van der Waals surface area (Å²) in [5.41, 5.74) is 2.40. The Hall–Kier alpha value is -1.88. The van der Waals surface area contributed by atoms with Crippen molar-refractivity contribution in [3.8, 4) is 6.07 Å². The number of anilines is 1. The summed E-state index contributed by atoms with van der Waals surface area (Å²) in [6, 6.07) is 14.9. The molecule has 3 rings (SSSR count). The number of hydrogen-bond donors (Lipinski definition) is 1. The van der Waals surface area contributed by atoms with Crippen molar-refractivity contribution in [3.05, 3.63) is 57.8 Å². The van der Waals surface area contributed by atoms with Crippen molar-refractivity contribution >= 4 is 39.6 Å². The molecule has 128 valence electrons.